The zero-order valence-electron chi connectivity index (χ0n) is 13.6. The fraction of sp³-hybridized carbons (Fsp3) is 0.579. The summed E-state index contributed by atoms with van der Waals surface area (Å²) in [6.45, 7) is 7.67. The van der Waals surface area contributed by atoms with Gasteiger partial charge >= 0.3 is 0 Å². The third-order valence-corrected chi connectivity index (χ3v) is 5.65. The van der Waals surface area contributed by atoms with Crippen LogP contribution in [0.5, 0.6) is 5.75 Å². The van der Waals surface area contributed by atoms with Crippen molar-refractivity contribution in [2.45, 2.75) is 51.0 Å². The van der Waals surface area contributed by atoms with Crippen molar-refractivity contribution >= 4 is 0 Å². The molecule has 1 aromatic carbocycles. The van der Waals surface area contributed by atoms with Crippen LogP contribution in [0.15, 0.2) is 24.3 Å². The normalized spacial score (nSPS) is 28.0. The van der Waals surface area contributed by atoms with Gasteiger partial charge in [0.25, 0.3) is 0 Å². The quantitative estimate of drug-likeness (QED) is 0.848. The lowest BCUT2D eigenvalue weighted by Gasteiger charge is -2.47. The van der Waals surface area contributed by atoms with Gasteiger partial charge in [-0.25, -0.2) is 0 Å². The molecular weight excluding hydrogens is 258 g/mol. The Kier molecular flexibility index (Phi) is 3.83. The Morgan fingerprint density at radius 2 is 2.19 bits per heavy atom. The maximum atomic E-state index is 5.65. The summed E-state index contributed by atoms with van der Waals surface area (Å²) in [6.07, 6.45) is 6.19. The number of allylic oxidation sites excluding steroid dienone is 1. The first-order valence-electron chi connectivity index (χ1n) is 8.12. The number of nitrogens with one attached hydrogen (secondary N) is 1. The van der Waals surface area contributed by atoms with E-state index >= 15 is 0 Å². The maximum absolute atomic E-state index is 5.65. The van der Waals surface area contributed by atoms with Gasteiger partial charge in [0.2, 0.25) is 0 Å². The molecule has 114 valence electrons. The molecule has 0 unspecified atom stereocenters. The molecule has 0 radical (unpaired) electrons. The molecule has 3 rings (SSSR count). The van der Waals surface area contributed by atoms with Crippen molar-refractivity contribution in [3.8, 4) is 5.75 Å². The smallest absolute Gasteiger partial charge is 0.123 e. The zero-order chi connectivity index (χ0) is 15.0. The molecule has 21 heavy (non-hydrogen) atoms. The van der Waals surface area contributed by atoms with Gasteiger partial charge in [0.1, 0.15) is 5.75 Å². The Morgan fingerprint density at radius 3 is 2.90 bits per heavy atom. The van der Waals surface area contributed by atoms with Crippen LogP contribution in [0.1, 0.15) is 49.3 Å². The molecule has 2 aliphatic carbocycles. The first kappa shape index (κ1) is 14.6. The molecule has 1 saturated carbocycles. The Bertz CT molecular complexity index is 563. The van der Waals surface area contributed by atoms with Crippen molar-refractivity contribution in [2.75, 3.05) is 14.2 Å². The molecular formula is C19H27NO. The van der Waals surface area contributed by atoms with Gasteiger partial charge < -0.3 is 10.1 Å². The van der Waals surface area contributed by atoms with Crippen LogP contribution in [0.2, 0.25) is 0 Å². The van der Waals surface area contributed by atoms with Crippen LogP contribution in [-0.2, 0) is 18.4 Å². The number of aryl methyl sites for hydroxylation is 1. The van der Waals surface area contributed by atoms with E-state index in [9.17, 15) is 0 Å². The van der Waals surface area contributed by atoms with Crippen molar-refractivity contribution in [2.24, 2.45) is 5.92 Å². The third kappa shape index (κ3) is 2.30. The highest BCUT2D eigenvalue weighted by Crippen LogP contribution is 2.52. The fourth-order valence-corrected chi connectivity index (χ4v) is 4.56. The van der Waals surface area contributed by atoms with E-state index in [4.69, 9.17) is 4.74 Å². The minimum absolute atomic E-state index is 0.258. The monoisotopic (exact) mass is 285 g/mol. The van der Waals surface area contributed by atoms with E-state index in [0.29, 0.717) is 5.92 Å². The first-order valence-corrected chi connectivity index (χ1v) is 8.12. The average molecular weight is 285 g/mol. The summed E-state index contributed by atoms with van der Waals surface area (Å²) in [6, 6.07) is 4.68. The number of ether oxygens (including phenoxy) is 1. The SMILES string of the molecule is C=C1CCC[C@]2(C)c3cc(OC)c(CNC)cc3CC[C@@H]12. The second-order valence-corrected chi connectivity index (χ2v) is 6.87. The van der Waals surface area contributed by atoms with Crippen molar-refractivity contribution in [1.82, 2.24) is 5.32 Å². The lowest BCUT2D eigenvalue weighted by atomic mass is 9.57. The van der Waals surface area contributed by atoms with Crippen molar-refractivity contribution in [3.05, 3.63) is 41.0 Å². The van der Waals surface area contributed by atoms with Gasteiger partial charge in [-0.2, -0.15) is 0 Å². The number of benzene rings is 1. The predicted octanol–water partition coefficient (Wildman–Crippen LogP) is 3.97. The number of methoxy groups -OCH3 is 1. The first-order chi connectivity index (χ1) is 10.1. The summed E-state index contributed by atoms with van der Waals surface area (Å²) in [5.41, 5.74) is 6.03. The van der Waals surface area contributed by atoms with Gasteiger partial charge in [0.15, 0.2) is 0 Å². The largest absolute Gasteiger partial charge is 0.496 e. The number of fused-ring (bicyclic) bond motifs is 3. The van der Waals surface area contributed by atoms with Crippen LogP contribution in [-0.4, -0.2) is 14.2 Å². The van der Waals surface area contributed by atoms with Crippen LogP contribution in [0.4, 0.5) is 0 Å². The summed E-state index contributed by atoms with van der Waals surface area (Å²) in [5.74, 6) is 1.68. The molecule has 2 heteroatoms. The molecule has 0 spiro atoms. The Morgan fingerprint density at radius 1 is 1.38 bits per heavy atom. The minimum atomic E-state index is 0.258. The molecule has 0 aliphatic heterocycles. The summed E-state index contributed by atoms with van der Waals surface area (Å²) in [5, 5.41) is 3.24. The Hall–Kier alpha value is -1.28. The third-order valence-electron chi connectivity index (χ3n) is 5.65. The number of hydrogen-bond donors (Lipinski definition) is 1. The van der Waals surface area contributed by atoms with Crippen LogP contribution in [0.25, 0.3) is 0 Å². The molecule has 1 fully saturated rings. The molecule has 0 amide bonds. The summed E-state index contributed by atoms with van der Waals surface area (Å²) >= 11 is 0. The summed E-state index contributed by atoms with van der Waals surface area (Å²) in [7, 11) is 3.77. The lowest BCUT2D eigenvalue weighted by molar-refractivity contribution is 0.234. The van der Waals surface area contributed by atoms with Crippen molar-refractivity contribution < 1.29 is 4.74 Å². The summed E-state index contributed by atoms with van der Waals surface area (Å²) < 4.78 is 5.65. The second-order valence-electron chi connectivity index (χ2n) is 6.87. The molecule has 0 aromatic heterocycles. The van der Waals surface area contributed by atoms with Crippen LogP contribution < -0.4 is 10.1 Å². The highest BCUT2D eigenvalue weighted by atomic mass is 16.5. The fourth-order valence-electron chi connectivity index (χ4n) is 4.56. The molecule has 0 bridgehead atoms. The lowest BCUT2D eigenvalue weighted by Crippen LogP contribution is -2.40. The van der Waals surface area contributed by atoms with E-state index < -0.39 is 0 Å². The molecule has 2 aliphatic rings. The topological polar surface area (TPSA) is 21.3 Å². The standard InChI is InChI=1S/C19H27NO/c1-13-6-5-9-19(2)16(13)8-7-14-10-15(12-20-3)18(21-4)11-17(14)19/h10-11,16,20H,1,5-9,12H2,2-4H3/t16-,19-/m0/s1. The van der Waals surface area contributed by atoms with Gasteiger partial charge in [-0.3, -0.25) is 0 Å². The number of rotatable bonds is 3. The van der Waals surface area contributed by atoms with Crippen LogP contribution in [0.3, 0.4) is 0 Å². The van der Waals surface area contributed by atoms with Gasteiger partial charge in [0.05, 0.1) is 7.11 Å². The van der Waals surface area contributed by atoms with Gasteiger partial charge in [-0.1, -0.05) is 25.1 Å². The molecule has 0 heterocycles. The van der Waals surface area contributed by atoms with Gasteiger partial charge in [-0.05, 0) is 67.7 Å². The summed E-state index contributed by atoms with van der Waals surface area (Å²) in [4.78, 5) is 0. The van der Waals surface area contributed by atoms with E-state index in [1.54, 1.807) is 7.11 Å². The Labute approximate surface area is 128 Å². The zero-order valence-corrected chi connectivity index (χ0v) is 13.6. The number of hydrogen-bond acceptors (Lipinski definition) is 2. The van der Waals surface area contributed by atoms with E-state index in [1.165, 1.54) is 54.4 Å². The predicted molar refractivity (Wildman–Crippen MR) is 87.9 cm³/mol. The molecule has 1 aromatic rings. The second kappa shape index (κ2) is 5.49. The maximum Gasteiger partial charge on any atom is 0.123 e. The highest BCUT2D eigenvalue weighted by molar-refractivity contribution is 5.49. The molecule has 0 saturated heterocycles. The Balaban J connectivity index is 2.09. The minimum Gasteiger partial charge on any atom is -0.496 e. The van der Waals surface area contributed by atoms with Crippen LogP contribution >= 0.6 is 0 Å². The van der Waals surface area contributed by atoms with E-state index in [1.807, 2.05) is 7.05 Å². The van der Waals surface area contributed by atoms with Crippen molar-refractivity contribution in [1.29, 1.82) is 0 Å². The van der Waals surface area contributed by atoms with Crippen LogP contribution in [0, 0.1) is 5.92 Å². The van der Waals surface area contributed by atoms with Gasteiger partial charge in [0, 0.05) is 12.1 Å². The molecule has 2 atom stereocenters. The van der Waals surface area contributed by atoms with Gasteiger partial charge in [-0.15, -0.1) is 0 Å². The molecule has 2 nitrogen and oxygen atoms in total. The molecule has 1 N–H and O–H groups in total. The van der Waals surface area contributed by atoms with E-state index in [-0.39, 0.29) is 5.41 Å². The average Bonchev–Trinajstić information content (AvgIpc) is 2.47. The van der Waals surface area contributed by atoms with E-state index in [0.717, 1.165) is 12.3 Å². The van der Waals surface area contributed by atoms with E-state index in [2.05, 4.69) is 31.0 Å². The van der Waals surface area contributed by atoms with Crippen molar-refractivity contribution in [3.63, 3.8) is 0 Å². The highest BCUT2D eigenvalue weighted by Gasteiger charge is 2.43.